The first-order chi connectivity index (χ1) is 8.15. The lowest BCUT2D eigenvalue weighted by Crippen LogP contribution is -1.88. The zero-order chi connectivity index (χ0) is 12.3. The molecule has 0 fully saturated rings. The largest absolute Gasteiger partial charge is 0.240 e. The lowest BCUT2D eigenvalue weighted by Gasteiger charge is -2.06. The molecule has 0 atom stereocenters. The summed E-state index contributed by atoms with van der Waals surface area (Å²) in [7, 11) is 0. The molecule has 2 aromatic rings. The monoisotopic (exact) mass is 263 g/mol. The van der Waals surface area contributed by atoms with E-state index in [2.05, 4.69) is 37.0 Å². The fraction of sp³-hybridized carbons (Fsp3) is 0.214. The second-order valence-corrected chi connectivity index (χ2v) is 5.41. The highest BCUT2D eigenvalue weighted by Crippen LogP contribution is 2.26. The van der Waals surface area contributed by atoms with Crippen molar-refractivity contribution in [2.45, 2.75) is 24.5 Å². The van der Waals surface area contributed by atoms with Crippen molar-refractivity contribution in [3.8, 4) is 0 Å². The van der Waals surface area contributed by atoms with E-state index in [1.165, 1.54) is 16.0 Å². The van der Waals surface area contributed by atoms with Crippen LogP contribution in [0.1, 0.15) is 16.8 Å². The molecule has 17 heavy (non-hydrogen) atoms. The molecular formula is C14H14ClNS. The Morgan fingerprint density at radius 1 is 1.18 bits per heavy atom. The molecule has 1 nitrogen and oxygen atoms in total. The van der Waals surface area contributed by atoms with Gasteiger partial charge in [-0.2, -0.15) is 0 Å². The van der Waals surface area contributed by atoms with Crippen LogP contribution in [0.4, 0.5) is 0 Å². The second kappa shape index (κ2) is 5.56. The summed E-state index contributed by atoms with van der Waals surface area (Å²) in [5, 5.41) is 0.559. The molecule has 0 bridgehead atoms. The van der Waals surface area contributed by atoms with Crippen molar-refractivity contribution in [1.29, 1.82) is 0 Å². The second-order valence-electron chi connectivity index (χ2n) is 4.01. The maximum atomic E-state index is 5.86. The zero-order valence-corrected chi connectivity index (χ0v) is 11.5. The lowest BCUT2D eigenvalue weighted by molar-refractivity contribution is 1.17. The summed E-state index contributed by atoms with van der Waals surface area (Å²) in [5.41, 5.74) is 3.61. The smallest absolute Gasteiger partial charge is 0.129 e. The zero-order valence-electron chi connectivity index (χ0n) is 9.90. The number of hydrogen-bond donors (Lipinski definition) is 0. The van der Waals surface area contributed by atoms with Gasteiger partial charge in [0, 0.05) is 10.6 Å². The summed E-state index contributed by atoms with van der Waals surface area (Å²) < 4.78 is 0. The molecule has 0 amide bonds. The number of halogens is 1. The highest BCUT2D eigenvalue weighted by Gasteiger charge is 2.02. The molecule has 0 aliphatic rings. The first-order valence-corrected chi connectivity index (χ1v) is 6.83. The lowest BCUT2D eigenvalue weighted by atomic mass is 10.2. The summed E-state index contributed by atoms with van der Waals surface area (Å²) >= 11 is 7.66. The van der Waals surface area contributed by atoms with Crippen LogP contribution >= 0.6 is 23.4 Å². The molecule has 1 aromatic carbocycles. The Balaban J connectivity index is 2.09. The fourth-order valence-electron chi connectivity index (χ4n) is 1.55. The van der Waals surface area contributed by atoms with Gasteiger partial charge in [0.05, 0.1) is 5.69 Å². The Morgan fingerprint density at radius 3 is 2.76 bits per heavy atom. The molecule has 0 saturated carbocycles. The van der Waals surface area contributed by atoms with Crippen LogP contribution in [0.25, 0.3) is 0 Å². The molecule has 0 spiro atoms. The number of nitrogens with zero attached hydrogens (tertiary/aromatic N) is 1. The highest BCUT2D eigenvalue weighted by atomic mass is 35.5. The molecule has 1 aromatic heterocycles. The van der Waals surface area contributed by atoms with Crippen molar-refractivity contribution in [3.63, 3.8) is 0 Å². The van der Waals surface area contributed by atoms with Crippen LogP contribution in [0.2, 0.25) is 5.15 Å². The predicted molar refractivity (Wildman–Crippen MR) is 74.7 cm³/mol. The average molecular weight is 264 g/mol. The predicted octanol–water partition coefficient (Wildman–Crippen LogP) is 4.64. The number of hydrogen-bond acceptors (Lipinski definition) is 2. The van der Waals surface area contributed by atoms with Crippen molar-refractivity contribution in [2.24, 2.45) is 0 Å². The Bertz CT molecular complexity index is 525. The van der Waals surface area contributed by atoms with Gasteiger partial charge in [0.2, 0.25) is 0 Å². The van der Waals surface area contributed by atoms with E-state index in [1.807, 2.05) is 12.1 Å². The van der Waals surface area contributed by atoms with Gasteiger partial charge in [-0.3, -0.25) is 0 Å². The normalized spacial score (nSPS) is 10.5. The molecular weight excluding hydrogens is 250 g/mol. The average Bonchev–Trinajstić information content (AvgIpc) is 2.30. The number of thioether (sulfide) groups is 1. The van der Waals surface area contributed by atoms with Gasteiger partial charge in [-0.05, 0) is 37.6 Å². The van der Waals surface area contributed by atoms with Gasteiger partial charge in [-0.25, -0.2) is 4.98 Å². The molecule has 2 rings (SSSR count). The summed E-state index contributed by atoms with van der Waals surface area (Å²) in [6.45, 7) is 4.24. The van der Waals surface area contributed by atoms with E-state index < -0.39 is 0 Å². The minimum absolute atomic E-state index is 0.559. The molecule has 0 unspecified atom stereocenters. The summed E-state index contributed by atoms with van der Waals surface area (Å²) in [6.07, 6.45) is 0. The minimum atomic E-state index is 0.559. The maximum absolute atomic E-state index is 5.86. The molecule has 0 aliphatic heterocycles. The van der Waals surface area contributed by atoms with Crippen molar-refractivity contribution in [3.05, 3.63) is 58.4 Å². The molecule has 0 N–H and O–H groups in total. The SMILES string of the molecule is Cc1ccc(C)c(SCc2cccc(Cl)n2)c1. The topological polar surface area (TPSA) is 12.9 Å². The van der Waals surface area contributed by atoms with E-state index in [0.717, 1.165) is 11.4 Å². The molecule has 0 aliphatic carbocycles. The van der Waals surface area contributed by atoms with Gasteiger partial charge in [-0.1, -0.05) is 35.4 Å². The van der Waals surface area contributed by atoms with Gasteiger partial charge in [0.25, 0.3) is 0 Å². The highest BCUT2D eigenvalue weighted by molar-refractivity contribution is 7.98. The third-order valence-electron chi connectivity index (χ3n) is 2.49. The first kappa shape index (κ1) is 12.5. The fourth-order valence-corrected chi connectivity index (χ4v) is 2.76. The van der Waals surface area contributed by atoms with Crippen molar-refractivity contribution in [1.82, 2.24) is 4.98 Å². The molecule has 3 heteroatoms. The number of aromatic nitrogens is 1. The molecule has 88 valence electrons. The van der Waals surface area contributed by atoms with Gasteiger partial charge in [-0.15, -0.1) is 11.8 Å². The van der Waals surface area contributed by atoms with Crippen LogP contribution in [0.15, 0.2) is 41.3 Å². The number of pyridine rings is 1. The van der Waals surface area contributed by atoms with Crippen molar-refractivity contribution >= 4 is 23.4 Å². The Kier molecular flexibility index (Phi) is 4.08. The molecule has 1 heterocycles. The van der Waals surface area contributed by atoms with Crippen LogP contribution in [0.3, 0.4) is 0 Å². The van der Waals surface area contributed by atoms with Crippen LogP contribution in [-0.4, -0.2) is 4.98 Å². The van der Waals surface area contributed by atoms with Gasteiger partial charge in [0.15, 0.2) is 0 Å². The van der Waals surface area contributed by atoms with E-state index in [-0.39, 0.29) is 0 Å². The van der Waals surface area contributed by atoms with E-state index in [1.54, 1.807) is 17.8 Å². The van der Waals surface area contributed by atoms with Crippen LogP contribution in [0.5, 0.6) is 0 Å². The minimum Gasteiger partial charge on any atom is -0.240 e. The van der Waals surface area contributed by atoms with E-state index in [9.17, 15) is 0 Å². The van der Waals surface area contributed by atoms with Gasteiger partial charge >= 0.3 is 0 Å². The van der Waals surface area contributed by atoms with E-state index in [0.29, 0.717) is 5.15 Å². The standard InChI is InChI=1S/C14H14ClNS/c1-10-6-7-11(2)13(8-10)17-9-12-4-3-5-14(15)16-12/h3-8H,9H2,1-2H3. The van der Waals surface area contributed by atoms with Gasteiger partial charge in [0.1, 0.15) is 5.15 Å². The Labute approximate surface area is 111 Å². The number of aryl methyl sites for hydroxylation is 2. The summed E-state index contributed by atoms with van der Waals surface area (Å²) in [6, 6.07) is 12.2. The quantitative estimate of drug-likeness (QED) is 0.591. The first-order valence-electron chi connectivity index (χ1n) is 5.46. The third kappa shape index (κ3) is 3.48. The summed E-state index contributed by atoms with van der Waals surface area (Å²) in [4.78, 5) is 5.60. The Morgan fingerprint density at radius 2 is 2.00 bits per heavy atom. The third-order valence-corrected chi connectivity index (χ3v) is 3.89. The van der Waals surface area contributed by atoms with Crippen LogP contribution < -0.4 is 0 Å². The Hall–Kier alpha value is -0.990. The van der Waals surface area contributed by atoms with Gasteiger partial charge < -0.3 is 0 Å². The van der Waals surface area contributed by atoms with E-state index >= 15 is 0 Å². The number of rotatable bonds is 3. The maximum Gasteiger partial charge on any atom is 0.129 e. The summed E-state index contributed by atoms with van der Waals surface area (Å²) in [5.74, 6) is 0.852. The van der Waals surface area contributed by atoms with Crippen molar-refractivity contribution in [2.75, 3.05) is 0 Å². The van der Waals surface area contributed by atoms with Crippen LogP contribution in [-0.2, 0) is 5.75 Å². The van der Waals surface area contributed by atoms with Crippen LogP contribution in [0, 0.1) is 13.8 Å². The van der Waals surface area contributed by atoms with Crippen molar-refractivity contribution < 1.29 is 0 Å². The molecule has 0 saturated heterocycles. The number of benzene rings is 1. The van der Waals surface area contributed by atoms with E-state index in [4.69, 9.17) is 11.6 Å². The molecule has 0 radical (unpaired) electrons.